The maximum absolute atomic E-state index is 12.6. The van der Waals surface area contributed by atoms with Crippen molar-refractivity contribution in [1.82, 2.24) is 9.36 Å². The van der Waals surface area contributed by atoms with E-state index in [-0.39, 0.29) is 5.56 Å². The summed E-state index contributed by atoms with van der Waals surface area (Å²) in [6.07, 6.45) is 1.87. The highest BCUT2D eigenvalue weighted by molar-refractivity contribution is 5.62. The van der Waals surface area contributed by atoms with Gasteiger partial charge >= 0.3 is 0 Å². The molecule has 0 aliphatic heterocycles. The summed E-state index contributed by atoms with van der Waals surface area (Å²) >= 11 is 0. The Hall–Kier alpha value is -2.55. The summed E-state index contributed by atoms with van der Waals surface area (Å²) in [5.74, 6) is 0. The summed E-state index contributed by atoms with van der Waals surface area (Å²) in [6, 6.07) is 17.7. The number of benzene rings is 2. The second kappa shape index (κ2) is 4.85. The maximum Gasteiger partial charge on any atom is 0.279 e. The standard InChI is InChI=1S/C17H16N2O/c1-13-8-10-15(11-9-13)19-17(20)16(12-18(19)2)14-6-4-3-5-7-14/h3-12H,1-2H3. The van der Waals surface area contributed by atoms with Crippen molar-refractivity contribution >= 4 is 0 Å². The lowest BCUT2D eigenvalue weighted by atomic mass is 10.1. The van der Waals surface area contributed by atoms with E-state index in [4.69, 9.17) is 0 Å². The molecule has 0 aliphatic rings. The van der Waals surface area contributed by atoms with Crippen LogP contribution in [0.5, 0.6) is 0 Å². The first kappa shape index (κ1) is 12.5. The molecule has 3 heteroatoms. The molecule has 0 unspecified atom stereocenters. The third-order valence-corrected chi connectivity index (χ3v) is 3.42. The molecule has 0 fully saturated rings. The number of rotatable bonds is 2. The SMILES string of the molecule is Cc1ccc(-n2c(=O)c(-c3ccccc3)cn2C)cc1. The Labute approximate surface area is 117 Å². The van der Waals surface area contributed by atoms with E-state index in [0.717, 1.165) is 11.3 Å². The van der Waals surface area contributed by atoms with Crippen molar-refractivity contribution in [3.05, 3.63) is 76.7 Å². The molecule has 2 aromatic carbocycles. The molecule has 0 radical (unpaired) electrons. The molecule has 100 valence electrons. The van der Waals surface area contributed by atoms with Crippen LogP contribution in [0, 0.1) is 6.92 Å². The zero-order valence-corrected chi connectivity index (χ0v) is 11.6. The van der Waals surface area contributed by atoms with Crippen LogP contribution in [0.1, 0.15) is 5.56 Å². The minimum Gasteiger partial charge on any atom is -0.288 e. The van der Waals surface area contributed by atoms with E-state index in [1.807, 2.05) is 79.4 Å². The van der Waals surface area contributed by atoms with Gasteiger partial charge in [0.25, 0.3) is 5.56 Å². The van der Waals surface area contributed by atoms with E-state index in [1.54, 1.807) is 4.68 Å². The lowest BCUT2D eigenvalue weighted by Crippen LogP contribution is -2.19. The molecule has 0 atom stereocenters. The molecule has 0 saturated carbocycles. The third-order valence-electron chi connectivity index (χ3n) is 3.42. The van der Waals surface area contributed by atoms with Gasteiger partial charge < -0.3 is 0 Å². The molecule has 3 rings (SSSR count). The molecule has 1 heterocycles. The van der Waals surface area contributed by atoms with Gasteiger partial charge in [0.2, 0.25) is 0 Å². The van der Waals surface area contributed by atoms with Crippen LogP contribution in [0.3, 0.4) is 0 Å². The Morgan fingerprint density at radius 3 is 2.20 bits per heavy atom. The molecule has 20 heavy (non-hydrogen) atoms. The van der Waals surface area contributed by atoms with Crippen LogP contribution in [0.15, 0.2) is 65.6 Å². The lowest BCUT2D eigenvalue weighted by molar-refractivity contribution is 0.646. The van der Waals surface area contributed by atoms with Crippen LogP contribution in [0.4, 0.5) is 0 Å². The van der Waals surface area contributed by atoms with Gasteiger partial charge in [-0.05, 0) is 24.6 Å². The highest BCUT2D eigenvalue weighted by atomic mass is 16.1. The van der Waals surface area contributed by atoms with Crippen LogP contribution >= 0.6 is 0 Å². The van der Waals surface area contributed by atoms with Crippen molar-refractivity contribution in [1.29, 1.82) is 0 Å². The fraction of sp³-hybridized carbons (Fsp3) is 0.118. The van der Waals surface area contributed by atoms with Gasteiger partial charge in [-0.2, -0.15) is 0 Å². The zero-order valence-electron chi connectivity index (χ0n) is 11.6. The summed E-state index contributed by atoms with van der Waals surface area (Å²) in [5.41, 5.74) is 3.72. The van der Waals surface area contributed by atoms with E-state index >= 15 is 0 Å². The minimum absolute atomic E-state index is 0.00236. The van der Waals surface area contributed by atoms with Crippen molar-refractivity contribution in [3.8, 4) is 16.8 Å². The van der Waals surface area contributed by atoms with Crippen LogP contribution in [-0.4, -0.2) is 9.36 Å². The highest BCUT2D eigenvalue weighted by Gasteiger charge is 2.12. The molecule has 0 spiro atoms. The van der Waals surface area contributed by atoms with Gasteiger partial charge in [-0.1, -0.05) is 48.0 Å². The van der Waals surface area contributed by atoms with Crippen molar-refractivity contribution < 1.29 is 0 Å². The van der Waals surface area contributed by atoms with Gasteiger partial charge in [0.15, 0.2) is 0 Å². The van der Waals surface area contributed by atoms with Gasteiger partial charge in [-0.25, -0.2) is 4.68 Å². The molecular weight excluding hydrogens is 248 g/mol. The second-order valence-corrected chi connectivity index (χ2v) is 4.93. The number of aromatic nitrogens is 2. The average Bonchev–Trinajstić information content (AvgIpc) is 2.76. The lowest BCUT2D eigenvalue weighted by Gasteiger charge is -2.06. The topological polar surface area (TPSA) is 26.9 Å². The number of hydrogen-bond acceptors (Lipinski definition) is 1. The fourth-order valence-electron chi connectivity index (χ4n) is 2.36. The normalized spacial score (nSPS) is 10.7. The predicted molar refractivity (Wildman–Crippen MR) is 81.2 cm³/mol. The van der Waals surface area contributed by atoms with Crippen LogP contribution in [-0.2, 0) is 7.05 Å². The van der Waals surface area contributed by atoms with Gasteiger partial charge in [0.05, 0.1) is 11.3 Å². The van der Waals surface area contributed by atoms with Crippen molar-refractivity contribution in [3.63, 3.8) is 0 Å². The van der Waals surface area contributed by atoms with Gasteiger partial charge in [0, 0.05) is 13.2 Å². The zero-order chi connectivity index (χ0) is 14.1. The summed E-state index contributed by atoms with van der Waals surface area (Å²) in [4.78, 5) is 12.6. The summed E-state index contributed by atoms with van der Waals surface area (Å²) in [5, 5.41) is 0. The predicted octanol–water partition coefficient (Wildman–Crippen LogP) is 3.15. The Kier molecular flexibility index (Phi) is 3.03. The maximum atomic E-state index is 12.6. The van der Waals surface area contributed by atoms with Crippen molar-refractivity contribution in [2.24, 2.45) is 7.05 Å². The molecule has 3 nitrogen and oxygen atoms in total. The monoisotopic (exact) mass is 264 g/mol. The molecule has 3 aromatic rings. The van der Waals surface area contributed by atoms with Crippen LogP contribution in [0.25, 0.3) is 16.8 Å². The Bertz CT molecular complexity index is 780. The molecule has 0 bridgehead atoms. The van der Waals surface area contributed by atoms with E-state index in [0.29, 0.717) is 5.56 Å². The minimum atomic E-state index is 0.00236. The average molecular weight is 264 g/mol. The largest absolute Gasteiger partial charge is 0.288 e. The first-order valence-corrected chi connectivity index (χ1v) is 6.58. The molecule has 1 aromatic heterocycles. The van der Waals surface area contributed by atoms with Gasteiger partial charge in [-0.3, -0.25) is 9.48 Å². The Morgan fingerprint density at radius 2 is 1.55 bits per heavy atom. The Balaban J connectivity index is 2.17. The van der Waals surface area contributed by atoms with Crippen LogP contribution in [0.2, 0.25) is 0 Å². The number of aryl methyl sites for hydroxylation is 2. The van der Waals surface area contributed by atoms with Crippen molar-refractivity contribution in [2.75, 3.05) is 0 Å². The van der Waals surface area contributed by atoms with Crippen molar-refractivity contribution in [2.45, 2.75) is 6.92 Å². The number of nitrogens with zero attached hydrogens (tertiary/aromatic N) is 2. The molecule has 0 N–H and O–H groups in total. The second-order valence-electron chi connectivity index (χ2n) is 4.93. The molecular formula is C17H16N2O. The van der Waals surface area contributed by atoms with Gasteiger partial charge in [-0.15, -0.1) is 0 Å². The third kappa shape index (κ3) is 2.07. The van der Waals surface area contributed by atoms with E-state index in [9.17, 15) is 4.79 Å². The summed E-state index contributed by atoms with van der Waals surface area (Å²) in [7, 11) is 1.88. The molecule has 0 saturated heterocycles. The quantitative estimate of drug-likeness (QED) is 0.698. The summed E-state index contributed by atoms with van der Waals surface area (Å²) < 4.78 is 3.51. The van der Waals surface area contributed by atoms with Crippen LogP contribution < -0.4 is 5.56 Å². The van der Waals surface area contributed by atoms with E-state index in [2.05, 4.69) is 0 Å². The summed E-state index contributed by atoms with van der Waals surface area (Å²) in [6.45, 7) is 2.03. The van der Waals surface area contributed by atoms with E-state index < -0.39 is 0 Å². The highest BCUT2D eigenvalue weighted by Crippen LogP contribution is 2.16. The van der Waals surface area contributed by atoms with Gasteiger partial charge in [0.1, 0.15) is 0 Å². The number of hydrogen-bond donors (Lipinski definition) is 0. The fourth-order valence-corrected chi connectivity index (χ4v) is 2.36. The first-order chi connectivity index (χ1) is 9.66. The first-order valence-electron chi connectivity index (χ1n) is 6.58. The Morgan fingerprint density at radius 1 is 0.900 bits per heavy atom. The molecule has 0 aliphatic carbocycles. The van der Waals surface area contributed by atoms with E-state index in [1.165, 1.54) is 5.56 Å². The molecule has 0 amide bonds. The smallest absolute Gasteiger partial charge is 0.279 e.